The molecule has 2 aromatic rings. The highest BCUT2D eigenvalue weighted by atomic mass is 35.5. The minimum atomic E-state index is -3.90. The zero-order chi connectivity index (χ0) is 25.8. The molecule has 0 aliphatic heterocycles. The molecule has 1 atom stereocenters. The third kappa shape index (κ3) is 7.85. The molecule has 0 aliphatic carbocycles. The van der Waals surface area contributed by atoms with Crippen LogP contribution >= 0.6 is 23.2 Å². The van der Waals surface area contributed by atoms with Crippen molar-refractivity contribution in [3.63, 3.8) is 0 Å². The molecule has 0 saturated carbocycles. The Kier molecular flexibility index (Phi) is 8.96. The lowest BCUT2D eigenvalue weighted by atomic mass is 10.1. The van der Waals surface area contributed by atoms with Gasteiger partial charge in [0.25, 0.3) is 0 Å². The van der Waals surface area contributed by atoms with Gasteiger partial charge >= 0.3 is 0 Å². The maximum absolute atomic E-state index is 13.4. The van der Waals surface area contributed by atoms with Gasteiger partial charge < -0.3 is 10.2 Å². The Bertz CT molecular complexity index is 1150. The van der Waals surface area contributed by atoms with Gasteiger partial charge in [-0.2, -0.15) is 0 Å². The molecule has 0 radical (unpaired) electrons. The van der Waals surface area contributed by atoms with Crippen molar-refractivity contribution in [2.24, 2.45) is 0 Å². The van der Waals surface area contributed by atoms with E-state index < -0.39 is 45.8 Å². The van der Waals surface area contributed by atoms with Crippen molar-refractivity contribution in [2.75, 3.05) is 17.1 Å². The van der Waals surface area contributed by atoms with Crippen LogP contribution in [0.25, 0.3) is 0 Å². The normalized spacial score (nSPS) is 12.7. The van der Waals surface area contributed by atoms with Gasteiger partial charge in [-0.25, -0.2) is 12.8 Å². The average Bonchev–Trinajstić information content (AvgIpc) is 2.71. The maximum Gasteiger partial charge on any atom is 0.244 e. The van der Waals surface area contributed by atoms with Gasteiger partial charge in [0.2, 0.25) is 21.8 Å². The molecule has 0 aromatic heterocycles. The van der Waals surface area contributed by atoms with Gasteiger partial charge in [0.1, 0.15) is 18.4 Å². The van der Waals surface area contributed by atoms with Gasteiger partial charge in [-0.15, -0.1) is 0 Å². The highest BCUT2D eigenvalue weighted by Crippen LogP contribution is 2.24. The van der Waals surface area contributed by atoms with Gasteiger partial charge in [0.05, 0.1) is 22.0 Å². The lowest BCUT2D eigenvalue weighted by Gasteiger charge is -2.33. The van der Waals surface area contributed by atoms with Gasteiger partial charge in [-0.3, -0.25) is 13.9 Å². The van der Waals surface area contributed by atoms with Crippen molar-refractivity contribution in [1.29, 1.82) is 0 Å². The Hall–Kier alpha value is -2.36. The van der Waals surface area contributed by atoms with Gasteiger partial charge in [0, 0.05) is 12.1 Å². The van der Waals surface area contributed by atoms with Crippen LogP contribution in [0.2, 0.25) is 10.0 Å². The third-order valence-corrected chi connectivity index (χ3v) is 6.68. The summed E-state index contributed by atoms with van der Waals surface area (Å²) >= 11 is 12.1. The molecule has 0 unspecified atom stereocenters. The first-order valence-corrected chi connectivity index (χ1v) is 13.0. The van der Waals surface area contributed by atoms with E-state index in [1.165, 1.54) is 17.0 Å². The highest BCUT2D eigenvalue weighted by Gasteiger charge is 2.31. The first kappa shape index (κ1) is 27.9. The van der Waals surface area contributed by atoms with Crippen LogP contribution in [-0.2, 0) is 26.2 Å². The third-order valence-electron chi connectivity index (χ3n) is 4.80. The van der Waals surface area contributed by atoms with E-state index in [2.05, 4.69) is 5.32 Å². The Labute approximate surface area is 209 Å². The number of carbonyl (C=O) groups is 2. The molecule has 2 rings (SSSR count). The minimum Gasteiger partial charge on any atom is -0.350 e. The molecule has 1 N–H and O–H groups in total. The van der Waals surface area contributed by atoms with E-state index in [-0.39, 0.29) is 17.3 Å². The zero-order valence-corrected chi connectivity index (χ0v) is 21.9. The second-order valence-electron chi connectivity index (χ2n) is 8.93. The predicted octanol–water partition coefficient (Wildman–Crippen LogP) is 4.23. The molecule has 0 heterocycles. The van der Waals surface area contributed by atoms with Crippen LogP contribution < -0.4 is 9.62 Å². The smallest absolute Gasteiger partial charge is 0.244 e. The van der Waals surface area contributed by atoms with Crippen LogP contribution in [0, 0.1) is 5.82 Å². The van der Waals surface area contributed by atoms with Crippen molar-refractivity contribution in [1.82, 2.24) is 10.2 Å². The SMILES string of the molecule is C[C@@H](C(=O)NC(C)(C)C)N(Cc1ccc(Cl)c(Cl)c1)C(=O)CN(c1ccc(F)cc1)S(C)(=O)=O. The van der Waals surface area contributed by atoms with Gasteiger partial charge in [-0.1, -0.05) is 29.3 Å². The first-order chi connectivity index (χ1) is 15.6. The molecule has 34 heavy (non-hydrogen) atoms. The first-order valence-electron chi connectivity index (χ1n) is 10.4. The standard InChI is InChI=1S/C23H28Cl2FN3O4S/c1-15(22(31)27-23(2,3)4)28(13-16-6-11-19(24)20(25)12-16)21(30)14-29(34(5,32)33)18-9-7-17(26)8-10-18/h6-12,15H,13-14H2,1-5H3,(H,27,31)/t15-/m0/s1. The van der Waals surface area contributed by atoms with E-state index in [0.717, 1.165) is 22.7 Å². The number of hydrogen-bond acceptors (Lipinski definition) is 4. The van der Waals surface area contributed by atoms with Crippen molar-refractivity contribution >= 4 is 50.7 Å². The maximum atomic E-state index is 13.4. The van der Waals surface area contributed by atoms with Crippen LogP contribution in [0.4, 0.5) is 10.1 Å². The number of benzene rings is 2. The molecule has 186 valence electrons. The summed E-state index contributed by atoms with van der Waals surface area (Å²) in [6.07, 6.45) is 0.947. The van der Waals surface area contributed by atoms with Crippen molar-refractivity contribution in [3.05, 3.63) is 63.9 Å². The van der Waals surface area contributed by atoms with E-state index in [1.54, 1.807) is 25.1 Å². The number of sulfonamides is 1. The Balaban J connectivity index is 2.42. The molecular weight excluding hydrogens is 504 g/mol. The second kappa shape index (κ2) is 10.9. The fourth-order valence-electron chi connectivity index (χ4n) is 3.11. The zero-order valence-electron chi connectivity index (χ0n) is 19.6. The Morgan fingerprint density at radius 2 is 1.65 bits per heavy atom. The summed E-state index contributed by atoms with van der Waals surface area (Å²) in [5, 5.41) is 3.44. The van der Waals surface area contributed by atoms with E-state index in [9.17, 15) is 22.4 Å². The number of amides is 2. The van der Waals surface area contributed by atoms with Gasteiger partial charge in [-0.05, 0) is 69.7 Å². The molecule has 0 aliphatic rings. The number of rotatable bonds is 8. The quantitative estimate of drug-likeness (QED) is 0.552. The monoisotopic (exact) mass is 531 g/mol. The summed E-state index contributed by atoms with van der Waals surface area (Å²) in [6, 6.07) is 8.62. The summed E-state index contributed by atoms with van der Waals surface area (Å²) in [4.78, 5) is 27.6. The molecule has 7 nitrogen and oxygen atoms in total. The molecule has 0 saturated heterocycles. The van der Waals surface area contributed by atoms with Crippen LogP contribution in [0.15, 0.2) is 42.5 Å². The molecule has 0 bridgehead atoms. The molecule has 0 fully saturated rings. The van der Waals surface area contributed by atoms with Crippen molar-refractivity contribution in [3.8, 4) is 0 Å². The largest absolute Gasteiger partial charge is 0.350 e. The number of nitrogens with one attached hydrogen (secondary N) is 1. The van der Waals surface area contributed by atoms with Gasteiger partial charge in [0.15, 0.2) is 0 Å². The van der Waals surface area contributed by atoms with E-state index >= 15 is 0 Å². The van der Waals surface area contributed by atoms with Crippen LogP contribution in [0.1, 0.15) is 33.3 Å². The number of carbonyl (C=O) groups excluding carboxylic acids is 2. The fraction of sp³-hybridized carbons (Fsp3) is 0.391. The Morgan fingerprint density at radius 1 is 1.06 bits per heavy atom. The lowest BCUT2D eigenvalue weighted by molar-refractivity contribution is -0.140. The number of anilines is 1. The number of halogens is 3. The minimum absolute atomic E-state index is 0.0184. The lowest BCUT2D eigenvalue weighted by Crippen LogP contribution is -2.54. The summed E-state index contributed by atoms with van der Waals surface area (Å²) in [7, 11) is -3.90. The summed E-state index contributed by atoms with van der Waals surface area (Å²) in [5.74, 6) is -1.58. The molecule has 0 spiro atoms. The van der Waals surface area contributed by atoms with Crippen LogP contribution in [0.3, 0.4) is 0 Å². The number of nitrogens with zero attached hydrogens (tertiary/aromatic N) is 2. The van der Waals surface area contributed by atoms with Crippen molar-refractivity contribution < 1.29 is 22.4 Å². The molecule has 11 heteroatoms. The highest BCUT2D eigenvalue weighted by molar-refractivity contribution is 7.92. The summed E-state index contributed by atoms with van der Waals surface area (Å²) in [6.45, 7) is 6.38. The molecular formula is C23H28Cl2FN3O4S. The molecule has 2 amide bonds. The number of hydrogen-bond donors (Lipinski definition) is 1. The predicted molar refractivity (Wildman–Crippen MR) is 133 cm³/mol. The van der Waals surface area contributed by atoms with E-state index in [4.69, 9.17) is 23.2 Å². The topological polar surface area (TPSA) is 86.8 Å². The second-order valence-corrected chi connectivity index (χ2v) is 11.7. The van der Waals surface area contributed by atoms with Crippen LogP contribution in [0.5, 0.6) is 0 Å². The van der Waals surface area contributed by atoms with Crippen molar-refractivity contribution in [2.45, 2.75) is 45.8 Å². The summed E-state index contributed by atoms with van der Waals surface area (Å²) < 4.78 is 39.1. The molecule has 2 aromatic carbocycles. The van der Waals surface area contributed by atoms with Crippen LogP contribution in [-0.4, -0.2) is 49.5 Å². The fourth-order valence-corrected chi connectivity index (χ4v) is 4.28. The van der Waals surface area contributed by atoms with E-state index in [0.29, 0.717) is 10.6 Å². The average molecular weight is 532 g/mol. The summed E-state index contributed by atoms with van der Waals surface area (Å²) in [5.41, 5.74) is 0.181. The Morgan fingerprint density at radius 3 is 2.15 bits per heavy atom. The van der Waals surface area contributed by atoms with E-state index in [1.807, 2.05) is 20.8 Å².